The van der Waals surface area contributed by atoms with Crippen molar-refractivity contribution < 1.29 is 9.21 Å². The van der Waals surface area contributed by atoms with Crippen LogP contribution in [0.25, 0.3) is 5.69 Å². The van der Waals surface area contributed by atoms with Gasteiger partial charge in [-0.3, -0.25) is 4.79 Å². The van der Waals surface area contributed by atoms with E-state index in [4.69, 9.17) is 4.42 Å². The van der Waals surface area contributed by atoms with Crippen LogP contribution in [-0.4, -0.2) is 25.5 Å². The number of rotatable bonds is 5. The molecule has 0 unspecified atom stereocenters. The Hall–Kier alpha value is -3.61. The second-order valence-electron chi connectivity index (χ2n) is 5.85. The van der Waals surface area contributed by atoms with Gasteiger partial charge in [0.2, 0.25) is 0 Å². The molecule has 1 aromatic carbocycles. The van der Waals surface area contributed by atoms with E-state index in [9.17, 15) is 4.79 Å². The molecule has 130 valence electrons. The van der Waals surface area contributed by atoms with Crippen molar-refractivity contribution in [2.75, 3.05) is 5.32 Å². The fraction of sp³-hybridized carbons (Fsp3) is 0.105. The number of amides is 1. The highest BCUT2D eigenvalue weighted by Gasteiger charge is 2.14. The number of carbonyl (C=O) groups excluding carboxylic acids is 1. The maximum atomic E-state index is 12.4. The third-order valence-electron chi connectivity index (χ3n) is 4.05. The maximum absolute atomic E-state index is 12.4. The molecule has 7 nitrogen and oxygen atoms in total. The van der Waals surface area contributed by atoms with Crippen LogP contribution in [-0.2, 0) is 6.54 Å². The first-order valence-corrected chi connectivity index (χ1v) is 8.17. The summed E-state index contributed by atoms with van der Waals surface area (Å²) in [5.41, 5.74) is 2.48. The second kappa shape index (κ2) is 6.72. The Morgan fingerprint density at radius 1 is 1.15 bits per heavy atom. The lowest BCUT2D eigenvalue weighted by Gasteiger charge is -2.07. The number of aromatic nitrogens is 4. The minimum Gasteiger partial charge on any atom is -0.469 e. The van der Waals surface area contributed by atoms with Crippen molar-refractivity contribution in [3.8, 4) is 5.69 Å². The molecule has 0 bridgehead atoms. The van der Waals surface area contributed by atoms with Gasteiger partial charge in [0.15, 0.2) is 0 Å². The molecule has 0 radical (unpaired) electrons. The fourth-order valence-electron chi connectivity index (χ4n) is 2.71. The van der Waals surface area contributed by atoms with Crippen LogP contribution in [0.4, 0.5) is 5.82 Å². The zero-order chi connectivity index (χ0) is 17.9. The summed E-state index contributed by atoms with van der Waals surface area (Å²) < 4.78 is 8.71. The number of nitrogens with one attached hydrogen (secondary N) is 1. The Morgan fingerprint density at radius 3 is 2.77 bits per heavy atom. The van der Waals surface area contributed by atoms with Crippen LogP contribution in [0.5, 0.6) is 0 Å². The van der Waals surface area contributed by atoms with Gasteiger partial charge >= 0.3 is 0 Å². The molecule has 0 saturated heterocycles. The molecule has 1 amide bonds. The van der Waals surface area contributed by atoms with E-state index < -0.39 is 0 Å². The number of hydrogen-bond acceptors (Lipinski definition) is 4. The van der Waals surface area contributed by atoms with Gasteiger partial charge in [0.05, 0.1) is 36.5 Å². The van der Waals surface area contributed by atoms with E-state index in [1.165, 1.54) is 6.26 Å². The highest BCUT2D eigenvalue weighted by Crippen LogP contribution is 2.15. The van der Waals surface area contributed by atoms with Gasteiger partial charge in [0.25, 0.3) is 5.91 Å². The molecular formula is C19H17N5O2. The Labute approximate surface area is 149 Å². The van der Waals surface area contributed by atoms with Gasteiger partial charge in [-0.05, 0) is 25.1 Å². The van der Waals surface area contributed by atoms with Crippen molar-refractivity contribution in [3.63, 3.8) is 0 Å². The van der Waals surface area contributed by atoms with Crippen LogP contribution >= 0.6 is 0 Å². The largest absolute Gasteiger partial charge is 0.469 e. The highest BCUT2D eigenvalue weighted by atomic mass is 16.3. The van der Waals surface area contributed by atoms with Crippen LogP contribution in [0.1, 0.15) is 21.7 Å². The molecule has 3 aromatic heterocycles. The molecular weight excluding hydrogens is 330 g/mol. The first kappa shape index (κ1) is 15.9. The highest BCUT2D eigenvalue weighted by molar-refractivity contribution is 6.04. The summed E-state index contributed by atoms with van der Waals surface area (Å²) in [5.74, 6) is 0.971. The van der Waals surface area contributed by atoms with Crippen LogP contribution in [0.3, 0.4) is 0 Å². The van der Waals surface area contributed by atoms with Crippen LogP contribution in [0, 0.1) is 6.92 Å². The van der Waals surface area contributed by atoms with Crippen molar-refractivity contribution in [3.05, 3.63) is 84.2 Å². The molecule has 0 aliphatic rings. The molecule has 7 heteroatoms. The molecule has 1 N–H and O–H groups in total. The second-order valence-corrected chi connectivity index (χ2v) is 5.85. The molecule has 0 aliphatic heterocycles. The molecule has 0 atom stereocenters. The Kier molecular flexibility index (Phi) is 4.10. The lowest BCUT2D eigenvalue weighted by Crippen LogP contribution is -2.16. The number of nitrogens with zero attached hydrogens (tertiary/aromatic N) is 4. The van der Waals surface area contributed by atoms with Crippen molar-refractivity contribution in [2.45, 2.75) is 13.5 Å². The van der Waals surface area contributed by atoms with E-state index in [1.807, 2.05) is 41.2 Å². The SMILES string of the molecule is Cc1occc1C(=O)Nc1ccnn1Cc1cnn(-c2ccccc2)c1. The number of carbonyl (C=O) groups is 1. The van der Waals surface area contributed by atoms with E-state index in [1.54, 1.807) is 36.1 Å². The van der Waals surface area contributed by atoms with Crippen molar-refractivity contribution in [1.82, 2.24) is 19.6 Å². The summed E-state index contributed by atoms with van der Waals surface area (Å²) in [5, 5.41) is 11.5. The lowest BCUT2D eigenvalue weighted by molar-refractivity contribution is 0.102. The third kappa shape index (κ3) is 3.14. The van der Waals surface area contributed by atoms with E-state index in [0.717, 1.165) is 11.3 Å². The summed E-state index contributed by atoms with van der Waals surface area (Å²) in [6.45, 7) is 2.25. The van der Waals surface area contributed by atoms with Crippen molar-refractivity contribution in [2.24, 2.45) is 0 Å². The zero-order valence-corrected chi connectivity index (χ0v) is 14.2. The topological polar surface area (TPSA) is 77.9 Å². The predicted octanol–water partition coefficient (Wildman–Crippen LogP) is 3.27. The minimum atomic E-state index is -0.224. The average Bonchev–Trinajstić information content (AvgIpc) is 3.38. The third-order valence-corrected chi connectivity index (χ3v) is 4.05. The van der Waals surface area contributed by atoms with Gasteiger partial charge in [0, 0.05) is 17.8 Å². The van der Waals surface area contributed by atoms with E-state index in [2.05, 4.69) is 15.5 Å². The molecule has 4 rings (SSSR count). The Balaban J connectivity index is 1.50. The fourth-order valence-corrected chi connectivity index (χ4v) is 2.71. The van der Waals surface area contributed by atoms with Gasteiger partial charge in [0.1, 0.15) is 11.6 Å². The van der Waals surface area contributed by atoms with Crippen molar-refractivity contribution >= 4 is 11.7 Å². The minimum absolute atomic E-state index is 0.224. The van der Waals surface area contributed by atoms with Crippen LogP contribution < -0.4 is 5.32 Å². The van der Waals surface area contributed by atoms with E-state index >= 15 is 0 Å². The van der Waals surface area contributed by atoms with Crippen LogP contribution in [0.2, 0.25) is 0 Å². The summed E-state index contributed by atoms with van der Waals surface area (Å²) in [4.78, 5) is 12.4. The van der Waals surface area contributed by atoms with E-state index in [-0.39, 0.29) is 5.91 Å². The number of aryl methyl sites for hydroxylation is 1. The Bertz CT molecular complexity index is 1030. The first-order valence-electron chi connectivity index (χ1n) is 8.17. The van der Waals surface area contributed by atoms with Gasteiger partial charge in [-0.1, -0.05) is 18.2 Å². The number of anilines is 1. The summed E-state index contributed by atoms with van der Waals surface area (Å²) in [6, 6.07) is 13.3. The predicted molar refractivity (Wildman–Crippen MR) is 96.3 cm³/mol. The lowest BCUT2D eigenvalue weighted by atomic mass is 10.2. The number of para-hydroxylation sites is 1. The Morgan fingerprint density at radius 2 is 2.00 bits per heavy atom. The number of benzene rings is 1. The van der Waals surface area contributed by atoms with Gasteiger partial charge in [-0.25, -0.2) is 9.36 Å². The van der Waals surface area contributed by atoms with E-state index in [0.29, 0.717) is 23.7 Å². The van der Waals surface area contributed by atoms with Crippen molar-refractivity contribution in [1.29, 1.82) is 0 Å². The number of furan rings is 1. The van der Waals surface area contributed by atoms with Gasteiger partial charge < -0.3 is 9.73 Å². The van der Waals surface area contributed by atoms with Gasteiger partial charge in [-0.15, -0.1) is 0 Å². The standard InChI is InChI=1S/C19H17N5O2/c1-14-17(8-10-26-14)19(25)22-18-7-9-20-24(18)13-15-11-21-23(12-15)16-5-3-2-4-6-16/h2-12H,13H2,1H3,(H,22,25). The summed E-state index contributed by atoms with van der Waals surface area (Å²) in [6.07, 6.45) is 6.89. The zero-order valence-electron chi connectivity index (χ0n) is 14.2. The summed E-state index contributed by atoms with van der Waals surface area (Å²) in [7, 11) is 0. The molecule has 4 aromatic rings. The molecule has 0 spiro atoms. The summed E-state index contributed by atoms with van der Waals surface area (Å²) >= 11 is 0. The first-order chi connectivity index (χ1) is 12.7. The maximum Gasteiger partial charge on any atom is 0.260 e. The van der Waals surface area contributed by atoms with Gasteiger partial charge in [-0.2, -0.15) is 10.2 Å². The quantitative estimate of drug-likeness (QED) is 0.601. The number of hydrogen-bond donors (Lipinski definition) is 1. The average molecular weight is 347 g/mol. The molecule has 0 fully saturated rings. The normalized spacial score (nSPS) is 10.8. The molecule has 0 saturated carbocycles. The molecule has 3 heterocycles. The molecule has 0 aliphatic carbocycles. The monoisotopic (exact) mass is 347 g/mol. The van der Waals surface area contributed by atoms with Crippen LogP contribution in [0.15, 0.2) is 71.7 Å². The smallest absolute Gasteiger partial charge is 0.260 e. The molecule has 26 heavy (non-hydrogen) atoms.